The molecule has 0 fully saturated rings. The van der Waals surface area contributed by atoms with E-state index in [9.17, 15) is 9.59 Å². The van der Waals surface area contributed by atoms with E-state index in [4.69, 9.17) is 4.74 Å². The van der Waals surface area contributed by atoms with E-state index in [1.165, 1.54) is 11.3 Å². The standard InChI is InChI=1S/C21H21N3O3S/c1-2-12-23-16-8-4-5-9-17(16)24(21(23)26)13-11-20(25)27-14-19-22-15-7-3-6-10-18(15)28-19/h3-10H,2,11-14H2,1H3. The molecule has 2 heterocycles. The van der Waals surface area contributed by atoms with Gasteiger partial charge in [0.2, 0.25) is 0 Å². The minimum absolute atomic E-state index is 0.0815. The second kappa shape index (κ2) is 7.98. The Kier molecular flexibility index (Phi) is 5.25. The van der Waals surface area contributed by atoms with Gasteiger partial charge in [0.15, 0.2) is 0 Å². The van der Waals surface area contributed by atoms with Crippen molar-refractivity contribution < 1.29 is 9.53 Å². The second-order valence-corrected chi connectivity index (χ2v) is 7.68. The van der Waals surface area contributed by atoms with E-state index in [1.54, 1.807) is 9.13 Å². The molecule has 4 aromatic rings. The van der Waals surface area contributed by atoms with Gasteiger partial charge >= 0.3 is 11.7 Å². The maximum Gasteiger partial charge on any atom is 0.329 e. The highest BCUT2D eigenvalue weighted by Crippen LogP contribution is 2.22. The predicted molar refractivity (Wildman–Crippen MR) is 111 cm³/mol. The molecule has 0 bridgehead atoms. The number of ether oxygens (including phenoxy) is 1. The molecule has 4 rings (SSSR count). The highest BCUT2D eigenvalue weighted by molar-refractivity contribution is 7.18. The van der Waals surface area contributed by atoms with Crippen molar-refractivity contribution in [2.75, 3.05) is 0 Å². The van der Waals surface area contributed by atoms with Crippen molar-refractivity contribution in [2.24, 2.45) is 0 Å². The predicted octanol–water partition coefficient (Wildman–Crippen LogP) is 3.96. The lowest BCUT2D eigenvalue weighted by atomic mass is 10.3. The Balaban J connectivity index is 1.43. The summed E-state index contributed by atoms with van der Waals surface area (Å²) in [7, 11) is 0. The number of nitrogens with zero attached hydrogens (tertiary/aromatic N) is 3. The fourth-order valence-corrected chi connectivity index (χ4v) is 4.21. The van der Waals surface area contributed by atoms with Crippen LogP contribution in [0.2, 0.25) is 0 Å². The number of hydrogen-bond acceptors (Lipinski definition) is 5. The van der Waals surface area contributed by atoms with Crippen LogP contribution in [0.15, 0.2) is 53.3 Å². The Hall–Kier alpha value is -2.93. The van der Waals surface area contributed by atoms with E-state index < -0.39 is 0 Å². The van der Waals surface area contributed by atoms with Gasteiger partial charge in [0.25, 0.3) is 0 Å². The van der Waals surface area contributed by atoms with Crippen molar-refractivity contribution >= 4 is 38.6 Å². The van der Waals surface area contributed by atoms with E-state index in [2.05, 4.69) is 4.98 Å². The fraction of sp³-hybridized carbons (Fsp3) is 0.286. The van der Waals surface area contributed by atoms with Gasteiger partial charge in [0, 0.05) is 13.1 Å². The first-order valence-electron chi connectivity index (χ1n) is 9.35. The van der Waals surface area contributed by atoms with Crippen LogP contribution in [-0.4, -0.2) is 20.1 Å². The Morgan fingerprint density at radius 1 is 1.04 bits per heavy atom. The van der Waals surface area contributed by atoms with Crippen LogP contribution in [-0.2, 0) is 29.2 Å². The van der Waals surface area contributed by atoms with Crippen LogP contribution in [0.3, 0.4) is 0 Å². The number of benzene rings is 2. The lowest BCUT2D eigenvalue weighted by molar-refractivity contribution is -0.145. The zero-order valence-corrected chi connectivity index (χ0v) is 16.4. The summed E-state index contributed by atoms with van der Waals surface area (Å²) in [6.45, 7) is 3.16. The molecule has 2 aromatic heterocycles. The summed E-state index contributed by atoms with van der Waals surface area (Å²) in [5.74, 6) is -0.335. The lowest BCUT2D eigenvalue weighted by Gasteiger charge is -2.04. The van der Waals surface area contributed by atoms with Gasteiger partial charge < -0.3 is 4.74 Å². The molecule has 2 aromatic carbocycles. The molecule has 0 atom stereocenters. The van der Waals surface area contributed by atoms with E-state index in [-0.39, 0.29) is 24.7 Å². The third-order valence-electron chi connectivity index (χ3n) is 4.61. The summed E-state index contributed by atoms with van der Waals surface area (Å²) in [6, 6.07) is 15.5. The fourth-order valence-electron chi connectivity index (χ4n) is 3.33. The maximum atomic E-state index is 12.7. The number of carbonyl (C=O) groups excluding carboxylic acids is 1. The number of rotatable bonds is 7. The minimum Gasteiger partial charge on any atom is -0.458 e. The molecule has 0 aliphatic carbocycles. The third kappa shape index (κ3) is 3.57. The molecule has 0 spiro atoms. The first-order valence-corrected chi connectivity index (χ1v) is 10.2. The van der Waals surface area contributed by atoms with Crippen LogP contribution in [0.4, 0.5) is 0 Å². The molecular formula is C21H21N3O3S. The number of para-hydroxylation sites is 3. The zero-order valence-electron chi connectivity index (χ0n) is 15.6. The lowest BCUT2D eigenvalue weighted by Crippen LogP contribution is -2.25. The van der Waals surface area contributed by atoms with Crippen LogP contribution >= 0.6 is 11.3 Å². The van der Waals surface area contributed by atoms with Crippen LogP contribution in [0, 0.1) is 0 Å². The average Bonchev–Trinajstić information content (AvgIpc) is 3.24. The Bertz CT molecular complexity index is 1160. The van der Waals surface area contributed by atoms with Crippen LogP contribution in [0.1, 0.15) is 24.8 Å². The summed E-state index contributed by atoms with van der Waals surface area (Å²) in [5, 5.41) is 0.770. The van der Waals surface area contributed by atoms with E-state index >= 15 is 0 Å². The van der Waals surface area contributed by atoms with Crippen molar-refractivity contribution in [1.29, 1.82) is 0 Å². The highest BCUT2D eigenvalue weighted by atomic mass is 32.1. The SMILES string of the molecule is CCCn1c(=O)n(CCC(=O)OCc2nc3ccccc3s2)c2ccccc21. The number of imidazole rings is 1. The summed E-state index contributed by atoms with van der Waals surface area (Å²) in [6.07, 6.45) is 1.02. The van der Waals surface area contributed by atoms with Gasteiger partial charge in [-0.1, -0.05) is 31.2 Å². The van der Waals surface area contributed by atoms with Gasteiger partial charge in [0.05, 0.1) is 27.7 Å². The molecule has 0 aliphatic rings. The average molecular weight is 395 g/mol. The molecule has 0 radical (unpaired) electrons. The number of carbonyl (C=O) groups is 1. The van der Waals surface area contributed by atoms with E-state index in [1.807, 2.05) is 55.5 Å². The second-order valence-electron chi connectivity index (χ2n) is 6.56. The smallest absolute Gasteiger partial charge is 0.329 e. The highest BCUT2D eigenvalue weighted by Gasteiger charge is 2.14. The largest absolute Gasteiger partial charge is 0.458 e. The molecular weight excluding hydrogens is 374 g/mol. The third-order valence-corrected chi connectivity index (χ3v) is 5.62. The number of hydrogen-bond donors (Lipinski definition) is 0. The number of fused-ring (bicyclic) bond motifs is 2. The number of aromatic nitrogens is 3. The maximum absolute atomic E-state index is 12.7. The molecule has 7 heteroatoms. The molecule has 144 valence electrons. The van der Waals surface area contributed by atoms with Gasteiger partial charge in [-0.2, -0.15) is 0 Å². The molecule has 0 amide bonds. The molecule has 28 heavy (non-hydrogen) atoms. The summed E-state index contributed by atoms with van der Waals surface area (Å²) in [4.78, 5) is 29.4. The summed E-state index contributed by atoms with van der Waals surface area (Å²) in [5.41, 5.74) is 2.58. The zero-order chi connectivity index (χ0) is 19.5. The van der Waals surface area contributed by atoms with Crippen LogP contribution < -0.4 is 5.69 Å². The molecule has 0 saturated heterocycles. The Labute approximate surface area is 166 Å². The quantitative estimate of drug-likeness (QED) is 0.444. The van der Waals surface area contributed by atoms with Crippen LogP contribution in [0.5, 0.6) is 0 Å². The van der Waals surface area contributed by atoms with Crippen molar-refractivity contribution in [3.05, 3.63) is 64.0 Å². The molecule has 0 unspecified atom stereocenters. The first-order chi connectivity index (χ1) is 13.7. The number of esters is 1. The summed E-state index contributed by atoms with van der Waals surface area (Å²) >= 11 is 1.52. The van der Waals surface area contributed by atoms with Gasteiger partial charge in [-0.3, -0.25) is 13.9 Å². The van der Waals surface area contributed by atoms with Gasteiger partial charge in [-0.15, -0.1) is 11.3 Å². The molecule has 0 saturated carbocycles. The van der Waals surface area contributed by atoms with Crippen LogP contribution in [0.25, 0.3) is 21.3 Å². The molecule has 0 N–H and O–H groups in total. The number of aryl methyl sites for hydroxylation is 2. The van der Waals surface area contributed by atoms with Crippen molar-refractivity contribution in [3.8, 4) is 0 Å². The van der Waals surface area contributed by atoms with Gasteiger partial charge in [-0.25, -0.2) is 9.78 Å². The molecule has 0 aliphatic heterocycles. The topological polar surface area (TPSA) is 66.1 Å². The van der Waals surface area contributed by atoms with E-state index in [0.717, 1.165) is 32.7 Å². The Morgan fingerprint density at radius 2 is 1.71 bits per heavy atom. The van der Waals surface area contributed by atoms with Gasteiger partial charge in [0.1, 0.15) is 11.6 Å². The van der Waals surface area contributed by atoms with E-state index in [0.29, 0.717) is 13.1 Å². The number of thiazole rings is 1. The van der Waals surface area contributed by atoms with Crippen molar-refractivity contribution in [3.63, 3.8) is 0 Å². The first kappa shape index (κ1) is 18.4. The normalized spacial score (nSPS) is 11.3. The van der Waals surface area contributed by atoms with Crippen molar-refractivity contribution in [2.45, 2.75) is 39.5 Å². The minimum atomic E-state index is -0.335. The molecule has 6 nitrogen and oxygen atoms in total. The Morgan fingerprint density at radius 3 is 2.43 bits per heavy atom. The van der Waals surface area contributed by atoms with Crippen molar-refractivity contribution in [1.82, 2.24) is 14.1 Å². The monoisotopic (exact) mass is 395 g/mol. The summed E-state index contributed by atoms with van der Waals surface area (Å²) < 4.78 is 9.87. The van der Waals surface area contributed by atoms with Gasteiger partial charge in [-0.05, 0) is 30.7 Å².